The van der Waals surface area contributed by atoms with Crippen LogP contribution in [0.3, 0.4) is 0 Å². The molecule has 0 bridgehead atoms. The van der Waals surface area contributed by atoms with Crippen molar-refractivity contribution in [1.29, 1.82) is 0 Å². The van der Waals surface area contributed by atoms with Gasteiger partial charge in [0.25, 0.3) is 5.91 Å². The van der Waals surface area contributed by atoms with Crippen molar-refractivity contribution >= 4 is 36.1 Å². The van der Waals surface area contributed by atoms with Crippen LogP contribution >= 0.6 is 0 Å². The van der Waals surface area contributed by atoms with Gasteiger partial charge in [0.2, 0.25) is 5.91 Å². The quantitative estimate of drug-likeness (QED) is 0.473. The molecule has 2 aromatic carbocycles. The molecule has 0 aliphatic rings. The van der Waals surface area contributed by atoms with Crippen LogP contribution in [-0.2, 0) is 30.1 Å². The van der Waals surface area contributed by atoms with E-state index >= 15 is 0 Å². The Morgan fingerprint density at radius 3 is 2.23 bits per heavy atom. The molecule has 0 spiro atoms. The summed E-state index contributed by atoms with van der Waals surface area (Å²) < 4.78 is 15.3. The lowest BCUT2D eigenvalue weighted by Crippen LogP contribution is -2.43. The molecule has 0 radical (unpaired) electrons. The van der Waals surface area contributed by atoms with Gasteiger partial charge in [-0.1, -0.05) is 30.3 Å². The summed E-state index contributed by atoms with van der Waals surface area (Å²) in [5.74, 6) is -1.25. The first-order chi connectivity index (χ1) is 14.4. The maximum Gasteiger partial charge on any atom is 0.493 e. The molecular weight excluding hydrogens is 387 g/mol. The molecular formula is C21H25BN2O6. The van der Waals surface area contributed by atoms with Crippen molar-refractivity contribution in [2.45, 2.75) is 19.4 Å². The number of anilines is 1. The van der Waals surface area contributed by atoms with E-state index in [-0.39, 0.29) is 12.3 Å². The maximum atomic E-state index is 12.7. The molecule has 0 unspecified atom stereocenters. The topological polar surface area (TPSA) is 103 Å². The largest absolute Gasteiger partial charge is 0.493 e. The second kappa shape index (κ2) is 11.1. The number of amides is 2. The summed E-state index contributed by atoms with van der Waals surface area (Å²) in [6.07, 6.45) is 0.245. The van der Waals surface area contributed by atoms with Crippen LogP contribution in [0.2, 0.25) is 0 Å². The fourth-order valence-electron chi connectivity index (χ4n) is 2.93. The Kier molecular flexibility index (Phi) is 8.58. The molecule has 158 valence electrons. The van der Waals surface area contributed by atoms with Gasteiger partial charge in [-0.3, -0.25) is 9.59 Å². The van der Waals surface area contributed by atoms with E-state index in [0.29, 0.717) is 11.3 Å². The first-order valence-corrected chi connectivity index (χ1v) is 9.28. The fraction of sp³-hybridized carbons (Fsp3) is 0.286. The summed E-state index contributed by atoms with van der Waals surface area (Å²) in [6, 6.07) is 12.9. The summed E-state index contributed by atoms with van der Waals surface area (Å²) >= 11 is 0. The standard InChI is InChI=1S/C21H25BN2O6/c1-14(25)23-18-7-5-6-16(13-18)20(26)24-19(21(27)28-2)12-15-8-10-17(11-9-15)22(29-3)30-4/h5-11,13,19H,12H2,1-4H3,(H,23,25)(H,24,26)/t19-/m1/s1. The third-order valence-electron chi connectivity index (χ3n) is 4.36. The van der Waals surface area contributed by atoms with E-state index in [1.165, 1.54) is 20.1 Å². The molecule has 0 aromatic heterocycles. The number of nitrogens with one attached hydrogen (secondary N) is 2. The van der Waals surface area contributed by atoms with Crippen LogP contribution in [0.15, 0.2) is 48.5 Å². The second-order valence-electron chi connectivity index (χ2n) is 6.56. The van der Waals surface area contributed by atoms with Crippen LogP contribution in [0.4, 0.5) is 5.69 Å². The normalized spacial score (nSPS) is 11.3. The van der Waals surface area contributed by atoms with E-state index in [2.05, 4.69) is 10.6 Å². The summed E-state index contributed by atoms with van der Waals surface area (Å²) in [5.41, 5.74) is 2.46. The van der Waals surface area contributed by atoms with Crippen LogP contribution in [0.5, 0.6) is 0 Å². The molecule has 2 aromatic rings. The Bertz CT molecular complexity index is 883. The Labute approximate surface area is 176 Å². The molecule has 8 nitrogen and oxygen atoms in total. The Morgan fingerprint density at radius 2 is 1.67 bits per heavy atom. The van der Waals surface area contributed by atoms with E-state index in [1.807, 2.05) is 24.3 Å². The molecule has 0 aliphatic heterocycles. The minimum atomic E-state index is -0.876. The van der Waals surface area contributed by atoms with Crippen molar-refractivity contribution in [2.75, 3.05) is 26.6 Å². The fourth-order valence-corrected chi connectivity index (χ4v) is 2.93. The van der Waals surface area contributed by atoms with Crippen LogP contribution in [0.25, 0.3) is 0 Å². The number of hydrogen-bond acceptors (Lipinski definition) is 6. The number of benzene rings is 2. The summed E-state index contributed by atoms with van der Waals surface area (Å²) in [7, 11) is 3.88. The monoisotopic (exact) mass is 412 g/mol. The molecule has 30 heavy (non-hydrogen) atoms. The van der Waals surface area contributed by atoms with Crippen LogP contribution < -0.4 is 16.1 Å². The van der Waals surface area contributed by atoms with Crippen LogP contribution in [0.1, 0.15) is 22.8 Å². The van der Waals surface area contributed by atoms with E-state index < -0.39 is 25.0 Å². The number of hydrogen-bond donors (Lipinski definition) is 2. The van der Waals surface area contributed by atoms with Crippen molar-refractivity contribution in [3.63, 3.8) is 0 Å². The highest BCUT2D eigenvalue weighted by Gasteiger charge is 2.23. The van der Waals surface area contributed by atoms with Gasteiger partial charge in [0.05, 0.1) is 7.11 Å². The number of esters is 1. The maximum absolute atomic E-state index is 12.7. The molecule has 0 saturated carbocycles. The number of methoxy groups -OCH3 is 1. The lowest BCUT2D eigenvalue weighted by Gasteiger charge is -2.17. The van der Waals surface area contributed by atoms with Crippen molar-refractivity contribution in [3.05, 3.63) is 59.7 Å². The molecule has 0 fully saturated rings. The molecule has 0 saturated heterocycles. The van der Waals surface area contributed by atoms with Gasteiger partial charge in [0, 0.05) is 38.8 Å². The average molecular weight is 412 g/mol. The van der Waals surface area contributed by atoms with E-state index in [4.69, 9.17) is 14.0 Å². The molecule has 1 atom stereocenters. The zero-order valence-electron chi connectivity index (χ0n) is 17.4. The van der Waals surface area contributed by atoms with Gasteiger partial charge in [0.1, 0.15) is 6.04 Å². The first-order valence-electron chi connectivity index (χ1n) is 9.28. The number of ether oxygens (including phenoxy) is 1. The lowest BCUT2D eigenvalue weighted by molar-refractivity contribution is -0.142. The SMILES string of the molecule is COB(OC)c1ccc(C[C@@H](NC(=O)c2cccc(NC(C)=O)c2)C(=O)OC)cc1. The number of rotatable bonds is 9. The zero-order valence-corrected chi connectivity index (χ0v) is 17.4. The highest BCUT2D eigenvalue weighted by Crippen LogP contribution is 2.12. The third kappa shape index (κ3) is 6.43. The Balaban J connectivity index is 2.14. The van der Waals surface area contributed by atoms with Crippen molar-refractivity contribution in [2.24, 2.45) is 0 Å². The van der Waals surface area contributed by atoms with Crippen LogP contribution in [0, 0.1) is 0 Å². The highest BCUT2D eigenvalue weighted by atomic mass is 16.6. The van der Waals surface area contributed by atoms with Crippen molar-refractivity contribution in [1.82, 2.24) is 5.32 Å². The highest BCUT2D eigenvalue weighted by molar-refractivity contribution is 6.61. The van der Waals surface area contributed by atoms with E-state index in [0.717, 1.165) is 11.0 Å². The van der Waals surface area contributed by atoms with Crippen LogP contribution in [-0.4, -0.2) is 52.3 Å². The first kappa shape index (κ1) is 23.1. The second-order valence-corrected chi connectivity index (χ2v) is 6.56. The van der Waals surface area contributed by atoms with Gasteiger partial charge in [-0.2, -0.15) is 0 Å². The summed E-state index contributed by atoms with van der Waals surface area (Å²) in [5, 5.41) is 5.32. The smallest absolute Gasteiger partial charge is 0.467 e. The molecule has 0 aliphatic carbocycles. The number of carbonyl (C=O) groups is 3. The van der Waals surface area contributed by atoms with Gasteiger partial charge >= 0.3 is 13.1 Å². The van der Waals surface area contributed by atoms with Crippen molar-refractivity contribution < 1.29 is 28.4 Å². The minimum absolute atomic E-state index is 0.243. The lowest BCUT2D eigenvalue weighted by atomic mass is 9.78. The molecule has 0 heterocycles. The van der Waals surface area contributed by atoms with Gasteiger partial charge in [-0.05, 0) is 29.2 Å². The average Bonchev–Trinajstić information content (AvgIpc) is 2.74. The van der Waals surface area contributed by atoms with Crippen molar-refractivity contribution in [3.8, 4) is 0 Å². The molecule has 2 rings (SSSR count). The Hall–Kier alpha value is -3.17. The van der Waals surface area contributed by atoms with Gasteiger partial charge in [0.15, 0.2) is 0 Å². The zero-order chi connectivity index (χ0) is 22.1. The van der Waals surface area contributed by atoms with Gasteiger partial charge in [-0.15, -0.1) is 0 Å². The molecule has 9 heteroatoms. The predicted molar refractivity (Wildman–Crippen MR) is 114 cm³/mol. The third-order valence-corrected chi connectivity index (χ3v) is 4.36. The summed E-state index contributed by atoms with van der Waals surface area (Å²) in [4.78, 5) is 36.1. The number of carbonyl (C=O) groups excluding carboxylic acids is 3. The van der Waals surface area contributed by atoms with E-state index in [1.54, 1.807) is 32.4 Å². The van der Waals surface area contributed by atoms with Gasteiger partial charge in [-0.25, -0.2) is 4.79 Å². The van der Waals surface area contributed by atoms with E-state index in [9.17, 15) is 14.4 Å². The minimum Gasteiger partial charge on any atom is -0.467 e. The summed E-state index contributed by atoms with van der Waals surface area (Å²) in [6.45, 7) is 1.38. The van der Waals surface area contributed by atoms with Gasteiger partial charge < -0.3 is 24.7 Å². The molecule has 2 N–H and O–H groups in total. The molecule has 2 amide bonds. The predicted octanol–water partition coefficient (Wildman–Crippen LogP) is 1.15. The Morgan fingerprint density at radius 1 is 1.00 bits per heavy atom.